The summed E-state index contributed by atoms with van der Waals surface area (Å²) < 4.78 is 41.0. The average molecular weight is 637 g/mol. The SMILES string of the molecule is COc1ccc(S(=O)(=O)Nc2cccc3c2O[C@H](CN(C)Cc2ccc(Cl)c(Cl)c2)[C@H](C)CN([C@H](C)CO)C3=O)cc1. The molecule has 12 heteroatoms. The van der Waals surface area contributed by atoms with E-state index in [-0.39, 0.29) is 40.3 Å². The van der Waals surface area contributed by atoms with Crippen LogP contribution in [0.2, 0.25) is 10.0 Å². The minimum absolute atomic E-state index is 0.0277. The Bertz CT molecular complexity index is 1520. The zero-order valence-corrected chi connectivity index (χ0v) is 26.2. The molecule has 0 fully saturated rings. The van der Waals surface area contributed by atoms with Gasteiger partial charge in [0.25, 0.3) is 15.9 Å². The molecule has 0 aliphatic carbocycles. The molecule has 1 aliphatic rings. The zero-order chi connectivity index (χ0) is 30.6. The monoisotopic (exact) mass is 635 g/mol. The van der Waals surface area contributed by atoms with Crippen molar-refractivity contribution in [2.45, 2.75) is 37.4 Å². The van der Waals surface area contributed by atoms with Gasteiger partial charge in [0.2, 0.25) is 0 Å². The number of rotatable bonds is 10. The van der Waals surface area contributed by atoms with Gasteiger partial charge in [0.15, 0.2) is 5.75 Å². The fourth-order valence-corrected chi connectivity index (χ4v) is 6.20. The van der Waals surface area contributed by atoms with E-state index in [0.717, 1.165) is 5.56 Å². The molecule has 0 saturated carbocycles. The summed E-state index contributed by atoms with van der Waals surface area (Å²) in [5.41, 5.74) is 1.30. The van der Waals surface area contributed by atoms with Gasteiger partial charge in [0.1, 0.15) is 11.9 Å². The van der Waals surface area contributed by atoms with Crippen LogP contribution in [0.15, 0.2) is 65.6 Å². The summed E-state index contributed by atoms with van der Waals surface area (Å²) in [6, 6.07) is 15.8. The van der Waals surface area contributed by atoms with Gasteiger partial charge in [-0.25, -0.2) is 8.42 Å². The van der Waals surface area contributed by atoms with E-state index < -0.39 is 22.2 Å². The number of ether oxygens (including phenoxy) is 2. The van der Waals surface area contributed by atoms with Crippen LogP contribution in [0.1, 0.15) is 29.8 Å². The summed E-state index contributed by atoms with van der Waals surface area (Å²) in [7, 11) is -0.593. The first kappa shape index (κ1) is 31.9. The van der Waals surface area contributed by atoms with Gasteiger partial charge in [0.05, 0.1) is 46.0 Å². The highest BCUT2D eigenvalue weighted by molar-refractivity contribution is 7.92. The van der Waals surface area contributed by atoms with Crippen molar-refractivity contribution in [1.29, 1.82) is 0 Å². The fraction of sp³-hybridized carbons (Fsp3) is 0.367. The van der Waals surface area contributed by atoms with Crippen LogP contribution in [0.3, 0.4) is 0 Å². The number of carbonyl (C=O) groups excluding carboxylic acids is 1. The molecule has 1 aliphatic heterocycles. The van der Waals surface area contributed by atoms with Crippen molar-refractivity contribution < 1.29 is 27.8 Å². The number of fused-ring (bicyclic) bond motifs is 1. The largest absolute Gasteiger partial charge is 0.497 e. The highest BCUT2D eigenvalue weighted by Crippen LogP contribution is 2.36. The minimum atomic E-state index is -4.03. The summed E-state index contributed by atoms with van der Waals surface area (Å²) in [6.45, 7) is 4.87. The fourth-order valence-electron chi connectivity index (χ4n) is 4.82. The van der Waals surface area contributed by atoms with Gasteiger partial charge in [-0.15, -0.1) is 0 Å². The number of hydrogen-bond donors (Lipinski definition) is 2. The molecule has 3 aromatic rings. The highest BCUT2D eigenvalue weighted by Gasteiger charge is 2.35. The summed E-state index contributed by atoms with van der Waals surface area (Å²) in [6.07, 6.45) is -0.440. The molecule has 0 spiro atoms. The maximum absolute atomic E-state index is 13.7. The Morgan fingerprint density at radius 2 is 1.86 bits per heavy atom. The predicted molar refractivity (Wildman–Crippen MR) is 164 cm³/mol. The molecule has 0 radical (unpaired) electrons. The van der Waals surface area contributed by atoms with Gasteiger partial charge in [0, 0.05) is 25.6 Å². The van der Waals surface area contributed by atoms with Crippen LogP contribution >= 0.6 is 23.2 Å². The van der Waals surface area contributed by atoms with Crippen molar-refractivity contribution in [3.8, 4) is 11.5 Å². The second-order valence-corrected chi connectivity index (χ2v) is 13.0. The van der Waals surface area contributed by atoms with Crippen LogP contribution < -0.4 is 14.2 Å². The number of halogens is 2. The first-order valence-corrected chi connectivity index (χ1v) is 15.7. The second-order valence-electron chi connectivity index (χ2n) is 10.5. The number of aliphatic hydroxyl groups is 1. The quantitative estimate of drug-likeness (QED) is 0.317. The third-order valence-electron chi connectivity index (χ3n) is 7.23. The molecule has 0 unspecified atom stereocenters. The van der Waals surface area contributed by atoms with Crippen LogP contribution in [0.4, 0.5) is 5.69 Å². The number of sulfonamides is 1. The van der Waals surface area contributed by atoms with E-state index in [1.165, 1.54) is 19.2 Å². The van der Waals surface area contributed by atoms with Crippen molar-refractivity contribution in [3.63, 3.8) is 0 Å². The van der Waals surface area contributed by atoms with Crippen molar-refractivity contribution in [2.75, 3.05) is 38.6 Å². The van der Waals surface area contributed by atoms with Crippen molar-refractivity contribution in [3.05, 3.63) is 81.8 Å². The number of nitrogens with one attached hydrogen (secondary N) is 1. The van der Waals surface area contributed by atoms with E-state index >= 15 is 0 Å². The molecule has 1 heterocycles. The van der Waals surface area contributed by atoms with E-state index in [4.69, 9.17) is 32.7 Å². The Hall–Kier alpha value is -3.02. The zero-order valence-electron chi connectivity index (χ0n) is 23.9. The molecule has 2 N–H and O–H groups in total. The lowest BCUT2D eigenvalue weighted by atomic mass is 9.99. The topological polar surface area (TPSA) is 108 Å². The van der Waals surface area contributed by atoms with Gasteiger partial charge in [-0.2, -0.15) is 0 Å². The molecule has 0 aromatic heterocycles. The minimum Gasteiger partial charge on any atom is -0.497 e. The number of aliphatic hydroxyl groups excluding tert-OH is 1. The molecule has 9 nitrogen and oxygen atoms in total. The number of methoxy groups -OCH3 is 1. The van der Waals surface area contributed by atoms with Crippen LogP contribution in [-0.4, -0.2) is 75.2 Å². The van der Waals surface area contributed by atoms with Gasteiger partial charge in [-0.05, 0) is 68.1 Å². The average Bonchev–Trinajstić information content (AvgIpc) is 2.96. The molecule has 3 atom stereocenters. The first-order valence-electron chi connectivity index (χ1n) is 13.4. The van der Waals surface area contributed by atoms with E-state index in [9.17, 15) is 18.3 Å². The van der Waals surface area contributed by atoms with Crippen molar-refractivity contribution in [1.82, 2.24) is 9.80 Å². The Labute approximate surface area is 257 Å². The Kier molecular flexibility index (Phi) is 10.3. The summed E-state index contributed by atoms with van der Waals surface area (Å²) in [5, 5.41) is 10.9. The van der Waals surface area contributed by atoms with Crippen LogP contribution in [0, 0.1) is 5.92 Å². The number of carbonyl (C=O) groups is 1. The number of para-hydroxylation sites is 1. The standard InChI is InChI=1S/C30H35Cl2N3O6S/c1-19-15-35(20(2)18-36)30(37)24-6-5-7-27(33-42(38,39)23-11-9-22(40-4)10-12-23)29(24)41-28(19)17-34(3)16-21-8-13-25(31)26(32)14-21/h5-14,19-20,28,33,36H,15-18H2,1-4H3/t19-,20-,28-/m1/s1. The van der Waals surface area contributed by atoms with Crippen molar-refractivity contribution >= 4 is 44.8 Å². The molecular weight excluding hydrogens is 601 g/mol. The maximum atomic E-state index is 13.7. The number of benzene rings is 3. The molecule has 3 aromatic carbocycles. The highest BCUT2D eigenvalue weighted by atomic mass is 35.5. The second kappa shape index (κ2) is 13.5. The summed E-state index contributed by atoms with van der Waals surface area (Å²) in [5.74, 6) is 0.131. The number of likely N-dealkylation sites (N-methyl/N-ethyl adjacent to an activating group) is 1. The van der Waals surface area contributed by atoms with E-state index in [0.29, 0.717) is 35.4 Å². The van der Waals surface area contributed by atoms with E-state index in [1.54, 1.807) is 48.2 Å². The van der Waals surface area contributed by atoms with Gasteiger partial charge < -0.3 is 19.5 Å². The molecule has 0 saturated heterocycles. The predicted octanol–water partition coefficient (Wildman–Crippen LogP) is 5.15. The molecule has 0 bridgehead atoms. The molecular formula is C30H35Cl2N3O6S. The lowest BCUT2D eigenvalue weighted by molar-refractivity contribution is 0.0344. The lowest BCUT2D eigenvalue weighted by Gasteiger charge is -2.38. The van der Waals surface area contributed by atoms with Gasteiger partial charge >= 0.3 is 0 Å². The van der Waals surface area contributed by atoms with Gasteiger partial charge in [-0.1, -0.05) is 42.3 Å². The van der Waals surface area contributed by atoms with E-state index in [2.05, 4.69) is 9.62 Å². The van der Waals surface area contributed by atoms with Crippen molar-refractivity contribution in [2.24, 2.45) is 5.92 Å². The Balaban J connectivity index is 1.69. The molecule has 42 heavy (non-hydrogen) atoms. The van der Waals surface area contributed by atoms with Crippen LogP contribution in [0.25, 0.3) is 0 Å². The smallest absolute Gasteiger partial charge is 0.262 e. The van der Waals surface area contributed by atoms with Gasteiger partial charge in [-0.3, -0.25) is 14.4 Å². The first-order chi connectivity index (χ1) is 19.9. The summed E-state index contributed by atoms with van der Waals surface area (Å²) in [4.78, 5) is 17.4. The lowest BCUT2D eigenvalue weighted by Crippen LogP contribution is -2.49. The number of nitrogens with zero attached hydrogens (tertiary/aromatic N) is 2. The Morgan fingerprint density at radius 3 is 2.50 bits per heavy atom. The number of amides is 1. The molecule has 226 valence electrons. The molecule has 4 rings (SSSR count). The maximum Gasteiger partial charge on any atom is 0.262 e. The van der Waals surface area contributed by atoms with Crippen LogP contribution in [-0.2, 0) is 16.6 Å². The molecule has 1 amide bonds. The normalized spacial score (nSPS) is 18.1. The third kappa shape index (κ3) is 7.30. The summed E-state index contributed by atoms with van der Waals surface area (Å²) >= 11 is 12.3. The van der Waals surface area contributed by atoms with E-state index in [1.807, 2.05) is 26.1 Å². The number of hydrogen-bond acceptors (Lipinski definition) is 7. The Morgan fingerprint density at radius 1 is 1.14 bits per heavy atom. The van der Waals surface area contributed by atoms with Crippen LogP contribution in [0.5, 0.6) is 11.5 Å². The number of anilines is 1. The third-order valence-corrected chi connectivity index (χ3v) is 9.35.